The zero-order valence-corrected chi connectivity index (χ0v) is 9.89. The van der Waals surface area contributed by atoms with Crippen molar-refractivity contribution in [2.45, 2.75) is 6.18 Å². The molecule has 1 aromatic carbocycles. The summed E-state index contributed by atoms with van der Waals surface area (Å²) in [7, 11) is 1.54. The molecule has 0 bridgehead atoms. The fraction of sp³-hybridized carbons (Fsp3) is 0.273. The van der Waals surface area contributed by atoms with Crippen molar-refractivity contribution in [1.82, 2.24) is 14.8 Å². The van der Waals surface area contributed by atoms with Gasteiger partial charge in [-0.25, -0.2) is 4.68 Å². The third-order valence-electron chi connectivity index (χ3n) is 2.17. The molecule has 0 unspecified atom stereocenters. The number of hydrogen-bond acceptors (Lipinski definition) is 4. The van der Waals surface area contributed by atoms with Crippen molar-refractivity contribution in [3.63, 3.8) is 0 Å². The molecule has 2 rings (SSSR count). The normalized spacial score (nSPS) is 11.4. The molecule has 5 nitrogen and oxygen atoms in total. The molecule has 0 saturated heterocycles. The third-order valence-corrected chi connectivity index (χ3v) is 2.17. The summed E-state index contributed by atoms with van der Waals surface area (Å²) in [6, 6.07) is 6.47. The first-order valence-corrected chi connectivity index (χ1v) is 5.23. The van der Waals surface area contributed by atoms with Crippen LogP contribution in [0.1, 0.15) is 0 Å². The molecule has 8 heteroatoms. The van der Waals surface area contributed by atoms with Gasteiger partial charge in [-0.05, 0) is 24.3 Å². The van der Waals surface area contributed by atoms with Gasteiger partial charge in [0.05, 0.1) is 12.8 Å². The van der Waals surface area contributed by atoms with Gasteiger partial charge >= 0.3 is 12.2 Å². The van der Waals surface area contributed by atoms with Gasteiger partial charge in [-0.15, -0.1) is 5.10 Å². The molecular weight excluding hydrogens is 263 g/mol. The van der Waals surface area contributed by atoms with Gasteiger partial charge in [0, 0.05) is 0 Å². The Morgan fingerprint density at radius 1 is 1.21 bits per heavy atom. The van der Waals surface area contributed by atoms with Gasteiger partial charge in [-0.2, -0.15) is 18.2 Å². The molecule has 0 aliphatic rings. The minimum absolute atomic E-state index is 0.326. The minimum Gasteiger partial charge on any atom is -0.497 e. The number of aromatic nitrogens is 3. The Labute approximate surface area is 106 Å². The summed E-state index contributed by atoms with van der Waals surface area (Å²) < 4.78 is 46.6. The van der Waals surface area contributed by atoms with Crippen molar-refractivity contribution in [2.24, 2.45) is 0 Å². The highest BCUT2D eigenvalue weighted by molar-refractivity contribution is 5.36. The first-order valence-electron chi connectivity index (χ1n) is 5.23. The van der Waals surface area contributed by atoms with Crippen molar-refractivity contribution in [1.29, 1.82) is 0 Å². The highest BCUT2D eigenvalue weighted by Gasteiger charge is 2.29. The highest BCUT2D eigenvalue weighted by Crippen LogP contribution is 2.17. The van der Waals surface area contributed by atoms with E-state index in [2.05, 4.69) is 14.8 Å². The van der Waals surface area contributed by atoms with Crippen LogP contribution in [0.3, 0.4) is 0 Å². The smallest absolute Gasteiger partial charge is 0.422 e. The van der Waals surface area contributed by atoms with Crippen LogP contribution in [0.25, 0.3) is 5.69 Å². The topological polar surface area (TPSA) is 49.2 Å². The number of ether oxygens (including phenoxy) is 2. The molecule has 0 aliphatic carbocycles. The van der Waals surface area contributed by atoms with Crippen LogP contribution in [0.2, 0.25) is 0 Å². The number of benzene rings is 1. The summed E-state index contributed by atoms with van der Waals surface area (Å²) in [5, 5.41) is 3.78. The summed E-state index contributed by atoms with van der Waals surface area (Å²) in [4.78, 5) is 3.64. The lowest BCUT2D eigenvalue weighted by Gasteiger charge is -2.05. The molecule has 0 amide bonds. The van der Waals surface area contributed by atoms with Gasteiger partial charge < -0.3 is 9.47 Å². The van der Waals surface area contributed by atoms with E-state index in [4.69, 9.17) is 4.74 Å². The Balaban J connectivity index is 2.07. The molecule has 0 atom stereocenters. The van der Waals surface area contributed by atoms with Crippen LogP contribution in [-0.4, -0.2) is 34.7 Å². The lowest BCUT2D eigenvalue weighted by Crippen LogP contribution is -2.19. The monoisotopic (exact) mass is 273 g/mol. The van der Waals surface area contributed by atoms with E-state index in [0.717, 1.165) is 0 Å². The largest absolute Gasteiger partial charge is 0.497 e. The number of halogens is 3. The maximum Gasteiger partial charge on any atom is 0.422 e. The second kappa shape index (κ2) is 5.17. The SMILES string of the molecule is COc1ccc(-n2cnc(OCC(F)(F)F)n2)cc1. The molecule has 0 aliphatic heterocycles. The Bertz CT molecular complexity index is 537. The summed E-state index contributed by atoms with van der Waals surface area (Å²) in [6.07, 6.45) is -3.14. The number of hydrogen-bond donors (Lipinski definition) is 0. The van der Waals surface area contributed by atoms with Crippen LogP contribution in [0.15, 0.2) is 30.6 Å². The molecule has 0 N–H and O–H groups in total. The molecule has 0 saturated carbocycles. The Kier molecular flexibility index (Phi) is 3.59. The van der Waals surface area contributed by atoms with E-state index in [1.165, 1.54) is 18.1 Å². The lowest BCUT2D eigenvalue weighted by atomic mass is 10.3. The van der Waals surface area contributed by atoms with Gasteiger partial charge in [-0.1, -0.05) is 0 Å². The second-order valence-electron chi connectivity index (χ2n) is 3.57. The molecule has 102 valence electrons. The molecule has 2 aromatic rings. The van der Waals surface area contributed by atoms with Crippen LogP contribution in [0.5, 0.6) is 11.8 Å². The summed E-state index contributed by atoms with van der Waals surface area (Å²) >= 11 is 0. The highest BCUT2D eigenvalue weighted by atomic mass is 19.4. The summed E-state index contributed by atoms with van der Waals surface area (Å²) in [6.45, 7) is -1.42. The minimum atomic E-state index is -4.41. The van der Waals surface area contributed by atoms with Gasteiger partial charge in [0.15, 0.2) is 6.61 Å². The maximum absolute atomic E-state index is 12.0. The van der Waals surface area contributed by atoms with Gasteiger partial charge in [-0.3, -0.25) is 0 Å². The number of rotatable bonds is 4. The Morgan fingerprint density at radius 2 is 1.89 bits per heavy atom. The molecule has 19 heavy (non-hydrogen) atoms. The van der Waals surface area contributed by atoms with Crippen LogP contribution in [-0.2, 0) is 0 Å². The molecule has 0 spiro atoms. The summed E-state index contributed by atoms with van der Waals surface area (Å²) in [5.41, 5.74) is 0.634. The van der Waals surface area contributed by atoms with Crippen molar-refractivity contribution >= 4 is 0 Å². The van der Waals surface area contributed by atoms with Crippen LogP contribution < -0.4 is 9.47 Å². The average Bonchev–Trinajstić information content (AvgIpc) is 2.84. The Hall–Kier alpha value is -2.25. The number of methoxy groups -OCH3 is 1. The first kappa shape index (κ1) is 13.2. The average molecular weight is 273 g/mol. The van der Waals surface area contributed by atoms with Crippen LogP contribution >= 0.6 is 0 Å². The van der Waals surface area contributed by atoms with Gasteiger partial charge in [0.25, 0.3) is 0 Å². The zero-order valence-electron chi connectivity index (χ0n) is 9.89. The molecule has 0 radical (unpaired) electrons. The van der Waals surface area contributed by atoms with E-state index in [9.17, 15) is 13.2 Å². The van der Waals surface area contributed by atoms with E-state index in [-0.39, 0.29) is 6.01 Å². The van der Waals surface area contributed by atoms with Gasteiger partial charge in [0.2, 0.25) is 0 Å². The van der Waals surface area contributed by atoms with Gasteiger partial charge in [0.1, 0.15) is 12.1 Å². The fourth-order valence-electron chi connectivity index (χ4n) is 1.32. The van der Waals surface area contributed by atoms with Crippen molar-refractivity contribution in [3.8, 4) is 17.4 Å². The van der Waals surface area contributed by atoms with Crippen LogP contribution in [0, 0.1) is 0 Å². The quantitative estimate of drug-likeness (QED) is 0.857. The second-order valence-corrected chi connectivity index (χ2v) is 3.57. The first-order chi connectivity index (χ1) is 8.98. The zero-order chi connectivity index (χ0) is 13.9. The fourth-order valence-corrected chi connectivity index (χ4v) is 1.32. The lowest BCUT2D eigenvalue weighted by molar-refractivity contribution is -0.154. The predicted molar refractivity (Wildman–Crippen MR) is 59.5 cm³/mol. The van der Waals surface area contributed by atoms with E-state index in [0.29, 0.717) is 11.4 Å². The van der Waals surface area contributed by atoms with Crippen molar-refractivity contribution < 1.29 is 22.6 Å². The third kappa shape index (κ3) is 3.60. The molecule has 1 aromatic heterocycles. The van der Waals surface area contributed by atoms with E-state index in [1.807, 2.05) is 0 Å². The van der Waals surface area contributed by atoms with Crippen molar-refractivity contribution in [3.05, 3.63) is 30.6 Å². The maximum atomic E-state index is 12.0. The molecular formula is C11H10F3N3O2. The van der Waals surface area contributed by atoms with E-state index < -0.39 is 12.8 Å². The van der Waals surface area contributed by atoms with E-state index in [1.54, 1.807) is 24.3 Å². The molecule has 0 fully saturated rings. The molecule has 1 heterocycles. The summed E-state index contributed by atoms with van der Waals surface area (Å²) in [5.74, 6) is 0.664. The van der Waals surface area contributed by atoms with Crippen molar-refractivity contribution in [2.75, 3.05) is 13.7 Å². The number of alkyl halides is 3. The predicted octanol–water partition coefficient (Wildman–Crippen LogP) is 2.22. The number of nitrogens with zero attached hydrogens (tertiary/aromatic N) is 3. The van der Waals surface area contributed by atoms with Crippen LogP contribution in [0.4, 0.5) is 13.2 Å². The Morgan fingerprint density at radius 3 is 2.47 bits per heavy atom. The van der Waals surface area contributed by atoms with E-state index >= 15 is 0 Å². The standard InChI is InChI=1S/C11H10F3N3O2/c1-18-9-4-2-8(3-5-9)17-7-15-10(16-17)19-6-11(12,13)14/h2-5,7H,6H2,1H3.